The number of Topliss-reactive ketones (excluding diaryl/α,β-unsaturated/α-hetero) is 1. The van der Waals surface area contributed by atoms with Crippen LogP contribution in [0, 0.1) is 0 Å². The summed E-state index contributed by atoms with van der Waals surface area (Å²) in [6.45, 7) is 2.21. The molecule has 1 saturated heterocycles. The lowest BCUT2D eigenvalue weighted by Gasteiger charge is -2.15. The van der Waals surface area contributed by atoms with Crippen LogP contribution in [0.25, 0.3) is 0 Å². The molecule has 0 amide bonds. The highest BCUT2D eigenvalue weighted by atomic mass is 31.2. The van der Waals surface area contributed by atoms with E-state index in [2.05, 4.69) is 0 Å². The van der Waals surface area contributed by atoms with E-state index in [-0.39, 0.29) is 18.3 Å². The van der Waals surface area contributed by atoms with Crippen molar-refractivity contribution in [3.63, 3.8) is 0 Å². The van der Waals surface area contributed by atoms with E-state index in [4.69, 9.17) is 4.74 Å². The average Bonchev–Trinajstić information content (AvgIpc) is 1.82. The summed E-state index contributed by atoms with van der Waals surface area (Å²) < 4.78 is 16.6. The van der Waals surface area contributed by atoms with Gasteiger partial charge in [-0.05, 0) is 13.1 Å². The second kappa shape index (κ2) is 3.51. The van der Waals surface area contributed by atoms with E-state index < -0.39 is 7.14 Å². The number of carbonyl (C=O) groups excluding carboxylic acids is 1. The molecule has 11 heavy (non-hydrogen) atoms. The summed E-state index contributed by atoms with van der Waals surface area (Å²) in [6.07, 6.45) is 1.81. The summed E-state index contributed by atoms with van der Waals surface area (Å²) in [5, 5.41) is 0. The summed E-state index contributed by atoms with van der Waals surface area (Å²) >= 11 is 0. The fourth-order valence-electron chi connectivity index (χ4n) is 1.13. The van der Waals surface area contributed by atoms with Crippen LogP contribution >= 0.6 is 7.14 Å². The van der Waals surface area contributed by atoms with Gasteiger partial charge in [0.15, 0.2) is 0 Å². The molecule has 0 N–H and O–H groups in total. The van der Waals surface area contributed by atoms with Gasteiger partial charge in [-0.1, -0.05) is 0 Å². The van der Waals surface area contributed by atoms with Gasteiger partial charge in [-0.2, -0.15) is 0 Å². The van der Waals surface area contributed by atoms with E-state index in [1.807, 2.05) is 0 Å². The molecule has 1 heterocycles. The highest BCUT2D eigenvalue weighted by molar-refractivity contribution is 7.63. The van der Waals surface area contributed by atoms with Gasteiger partial charge in [-0.3, -0.25) is 4.79 Å². The fourth-order valence-corrected chi connectivity index (χ4v) is 2.64. The molecule has 1 aliphatic rings. The molecule has 0 radical (unpaired) electrons. The van der Waals surface area contributed by atoms with Gasteiger partial charge in [0.25, 0.3) is 0 Å². The monoisotopic (exact) mass is 176 g/mol. The van der Waals surface area contributed by atoms with Crippen molar-refractivity contribution in [2.45, 2.75) is 12.8 Å². The van der Waals surface area contributed by atoms with Gasteiger partial charge in [0.2, 0.25) is 0 Å². The Kier molecular flexibility index (Phi) is 2.85. The molecule has 0 aromatic carbocycles. The van der Waals surface area contributed by atoms with Crippen LogP contribution in [0.4, 0.5) is 0 Å². The average molecular weight is 176 g/mol. The first-order valence-corrected chi connectivity index (χ1v) is 6.28. The lowest BCUT2D eigenvalue weighted by molar-refractivity contribution is -0.117. The summed E-state index contributed by atoms with van der Waals surface area (Å²) in [4.78, 5) is 11.0. The van der Waals surface area contributed by atoms with Crippen LogP contribution in [0.1, 0.15) is 12.8 Å². The van der Waals surface area contributed by atoms with Crippen molar-refractivity contribution in [1.29, 1.82) is 0 Å². The van der Waals surface area contributed by atoms with Crippen molar-refractivity contribution < 1.29 is 14.1 Å². The first-order valence-electron chi connectivity index (χ1n) is 3.75. The predicted molar refractivity (Wildman–Crippen MR) is 43.5 cm³/mol. The number of carbonyl (C=O) groups is 1. The van der Waals surface area contributed by atoms with E-state index in [1.165, 1.54) is 0 Å². The Morgan fingerprint density at radius 2 is 2.27 bits per heavy atom. The van der Waals surface area contributed by atoms with Crippen LogP contribution in [0.2, 0.25) is 0 Å². The van der Waals surface area contributed by atoms with Crippen molar-refractivity contribution in [2.75, 3.05) is 25.8 Å². The molecule has 3 nitrogen and oxygen atoms in total. The molecule has 1 atom stereocenters. The Morgan fingerprint density at radius 1 is 1.55 bits per heavy atom. The Hall–Kier alpha value is -0.140. The minimum Gasteiger partial charge on any atom is -0.374 e. The number of rotatable bonds is 0. The molecule has 1 aliphatic heterocycles. The molecule has 0 aromatic rings. The van der Waals surface area contributed by atoms with Crippen LogP contribution in [0.5, 0.6) is 0 Å². The zero-order chi connectivity index (χ0) is 8.32. The molecule has 0 saturated carbocycles. The molecule has 1 fully saturated rings. The Bertz CT molecular complexity index is 200. The zero-order valence-electron chi connectivity index (χ0n) is 6.71. The maximum absolute atomic E-state index is 11.5. The van der Waals surface area contributed by atoms with Gasteiger partial charge in [-0.25, -0.2) is 0 Å². The zero-order valence-corrected chi connectivity index (χ0v) is 7.60. The number of ketones is 1. The van der Waals surface area contributed by atoms with Gasteiger partial charge in [0.1, 0.15) is 12.9 Å². The number of hydrogen-bond acceptors (Lipinski definition) is 3. The van der Waals surface area contributed by atoms with Crippen molar-refractivity contribution in [3.05, 3.63) is 0 Å². The maximum Gasteiger partial charge on any atom is 0.140 e. The summed E-state index contributed by atoms with van der Waals surface area (Å²) in [5.41, 5.74) is 0. The molecule has 0 aliphatic carbocycles. The SMILES string of the molecule is CP1(=O)COCCCC(=O)C1. The van der Waals surface area contributed by atoms with Crippen molar-refractivity contribution >= 4 is 12.9 Å². The van der Waals surface area contributed by atoms with E-state index in [9.17, 15) is 9.36 Å². The molecule has 0 aromatic heterocycles. The third-order valence-electron chi connectivity index (χ3n) is 1.62. The molecule has 4 heteroatoms. The Balaban J connectivity index is 2.56. The first-order chi connectivity index (χ1) is 5.10. The minimum atomic E-state index is -2.29. The normalized spacial score (nSPS) is 34.5. The van der Waals surface area contributed by atoms with E-state index in [1.54, 1.807) is 6.66 Å². The standard InChI is InChI=1S/C7H13O3P/c1-11(9)5-7(8)3-2-4-10-6-11/h2-6H2,1H3. The summed E-state index contributed by atoms with van der Waals surface area (Å²) in [6, 6.07) is 0. The lowest BCUT2D eigenvalue weighted by Crippen LogP contribution is -2.13. The van der Waals surface area contributed by atoms with Gasteiger partial charge < -0.3 is 9.30 Å². The van der Waals surface area contributed by atoms with Gasteiger partial charge in [0.05, 0.1) is 12.5 Å². The molecular weight excluding hydrogens is 163 g/mol. The molecule has 64 valence electrons. The van der Waals surface area contributed by atoms with Crippen LogP contribution in [-0.4, -0.2) is 31.6 Å². The highest BCUT2D eigenvalue weighted by Crippen LogP contribution is 2.41. The van der Waals surface area contributed by atoms with Crippen LogP contribution < -0.4 is 0 Å². The number of hydrogen-bond donors (Lipinski definition) is 0. The van der Waals surface area contributed by atoms with E-state index in [0.717, 1.165) is 6.42 Å². The van der Waals surface area contributed by atoms with Crippen LogP contribution in [0.3, 0.4) is 0 Å². The minimum absolute atomic E-state index is 0.124. The van der Waals surface area contributed by atoms with Gasteiger partial charge >= 0.3 is 0 Å². The molecule has 1 unspecified atom stereocenters. The number of ether oxygens (including phenoxy) is 1. The molecule has 0 bridgehead atoms. The smallest absolute Gasteiger partial charge is 0.140 e. The van der Waals surface area contributed by atoms with Crippen molar-refractivity contribution in [1.82, 2.24) is 0 Å². The molecule has 0 spiro atoms. The third kappa shape index (κ3) is 3.17. The summed E-state index contributed by atoms with van der Waals surface area (Å²) in [7, 11) is -2.29. The lowest BCUT2D eigenvalue weighted by atomic mass is 10.2. The Morgan fingerprint density at radius 3 is 3.00 bits per heavy atom. The predicted octanol–water partition coefficient (Wildman–Crippen LogP) is 1.32. The molecule has 1 rings (SSSR count). The second-order valence-corrected chi connectivity index (χ2v) is 6.30. The first kappa shape index (κ1) is 8.95. The molecular formula is C7H13O3P. The van der Waals surface area contributed by atoms with Crippen molar-refractivity contribution in [2.24, 2.45) is 0 Å². The maximum atomic E-state index is 11.5. The largest absolute Gasteiger partial charge is 0.374 e. The quantitative estimate of drug-likeness (QED) is 0.523. The van der Waals surface area contributed by atoms with Crippen LogP contribution in [-0.2, 0) is 14.1 Å². The summed E-state index contributed by atoms with van der Waals surface area (Å²) in [5.74, 6) is 0.124. The van der Waals surface area contributed by atoms with Gasteiger partial charge in [0, 0.05) is 13.0 Å². The van der Waals surface area contributed by atoms with Crippen molar-refractivity contribution in [3.8, 4) is 0 Å². The second-order valence-electron chi connectivity index (χ2n) is 3.13. The van der Waals surface area contributed by atoms with E-state index in [0.29, 0.717) is 13.0 Å². The highest BCUT2D eigenvalue weighted by Gasteiger charge is 2.21. The fraction of sp³-hybridized carbons (Fsp3) is 0.857. The van der Waals surface area contributed by atoms with E-state index >= 15 is 0 Å². The third-order valence-corrected chi connectivity index (χ3v) is 3.37. The topological polar surface area (TPSA) is 43.4 Å². The van der Waals surface area contributed by atoms with Gasteiger partial charge in [-0.15, -0.1) is 0 Å². The Labute approximate surface area is 66.5 Å². The van der Waals surface area contributed by atoms with Crippen LogP contribution in [0.15, 0.2) is 0 Å².